The van der Waals surface area contributed by atoms with Crippen molar-refractivity contribution in [1.29, 1.82) is 0 Å². The van der Waals surface area contributed by atoms with E-state index in [1.54, 1.807) is 0 Å². The molecule has 1 aromatic carbocycles. The molecule has 1 aromatic heterocycles. The van der Waals surface area contributed by atoms with Crippen LogP contribution in [0.15, 0.2) is 43.0 Å². The zero-order chi connectivity index (χ0) is 14.4. The molecule has 0 aliphatic rings. The molecule has 0 aliphatic carbocycles. The second kappa shape index (κ2) is 7.49. The zero-order valence-electron chi connectivity index (χ0n) is 12.4. The van der Waals surface area contributed by atoms with Gasteiger partial charge in [0.05, 0.1) is 13.1 Å². The van der Waals surface area contributed by atoms with Crippen LogP contribution < -0.4 is 4.57 Å². The van der Waals surface area contributed by atoms with Gasteiger partial charge >= 0.3 is 0 Å². The van der Waals surface area contributed by atoms with Crippen molar-refractivity contribution in [2.75, 3.05) is 0 Å². The Bertz CT molecular complexity index is 514. The summed E-state index contributed by atoms with van der Waals surface area (Å²) in [4.78, 5) is 0. The lowest BCUT2D eigenvalue weighted by Crippen LogP contribution is -2.33. The largest absolute Gasteiger partial charge is 0.243 e. The molecule has 0 bridgehead atoms. The Labute approximate surface area is 127 Å². The minimum Gasteiger partial charge on any atom is -0.237 e. The maximum atomic E-state index is 5.89. The van der Waals surface area contributed by atoms with Crippen molar-refractivity contribution in [2.24, 2.45) is 5.92 Å². The summed E-state index contributed by atoms with van der Waals surface area (Å²) < 4.78 is 4.55. The van der Waals surface area contributed by atoms with Gasteiger partial charge in [0.25, 0.3) is 0 Å². The fourth-order valence-electron chi connectivity index (χ4n) is 2.38. The lowest BCUT2D eigenvalue weighted by Gasteiger charge is -2.01. The number of aromatic nitrogens is 2. The highest BCUT2D eigenvalue weighted by Gasteiger charge is 2.05. The summed E-state index contributed by atoms with van der Waals surface area (Å²) in [5, 5.41) is 0.816. The lowest BCUT2D eigenvalue weighted by atomic mass is 10.1. The predicted octanol–water partition coefficient (Wildman–Crippen LogP) is 4.11. The summed E-state index contributed by atoms with van der Waals surface area (Å²) in [5.41, 5.74) is 1.37. The standard InChI is InChI=1S/C17H24ClN2/c1-15(2)13-20-12-11-19(14-20)10-4-3-5-16-6-8-17(18)9-7-16/h6-9,11-12,14-15H,3-5,10,13H2,1-2H3/q+1. The van der Waals surface area contributed by atoms with E-state index in [2.05, 4.69) is 53.8 Å². The molecule has 0 spiro atoms. The average Bonchev–Trinajstić information content (AvgIpc) is 2.83. The van der Waals surface area contributed by atoms with Crippen LogP contribution in [0.4, 0.5) is 0 Å². The summed E-state index contributed by atoms with van der Waals surface area (Å²) >= 11 is 5.89. The van der Waals surface area contributed by atoms with Gasteiger partial charge in [-0.15, -0.1) is 0 Å². The maximum Gasteiger partial charge on any atom is 0.243 e. The molecule has 1 heterocycles. The van der Waals surface area contributed by atoms with Crippen LogP contribution in [0.1, 0.15) is 32.3 Å². The van der Waals surface area contributed by atoms with Crippen LogP contribution in [0.3, 0.4) is 0 Å². The van der Waals surface area contributed by atoms with Crippen LogP contribution in [-0.4, -0.2) is 4.57 Å². The van der Waals surface area contributed by atoms with Gasteiger partial charge in [0, 0.05) is 5.02 Å². The molecule has 2 aromatic rings. The van der Waals surface area contributed by atoms with Gasteiger partial charge in [-0.05, 0) is 42.9 Å². The number of nitrogens with zero attached hydrogens (tertiary/aromatic N) is 2. The second-order valence-electron chi connectivity index (χ2n) is 5.83. The first kappa shape index (κ1) is 15.1. The van der Waals surface area contributed by atoms with E-state index in [0.717, 1.165) is 24.5 Å². The van der Waals surface area contributed by atoms with Gasteiger partial charge < -0.3 is 0 Å². The monoisotopic (exact) mass is 291 g/mol. The van der Waals surface area contributed by atoms with Crippen molar-refractivity contribution < 1.29 is 4.57 Å². The van der Waals surface area contributed by atoms with E-state index in [0.29, 0.717) is 5.92 Å². The molecule has 0 unspecified atom stereocenters. The number of benzene rings is 1. The molecule has 108 valence electrons. The SMILES string of the molecule is CC(C)C[n+]1ccn(CCCCc2ccc(Cl)cc2)c1. The van der Waals surface area contributed by atoms with E-state index in [1.165, 1.54) is 18.4 Å². The van der Waals surface area contributed by atoms with E-state index in [9.17, 15) is 0 Å². The molecule has 0 fully saturated rings. The van der Waals surface area contributed by atoms with Crippen molar-refractivity contribution in [3.63, 3.8) is 0 Å². The predicted molar refractivity (Wildman–Crippen MR) is 83.9 cm³/mol. The van der Waals surface area contributed by atoms with Crippen molar-refractivity contribution in [1.82, 2.24) is 4.57 Å². The molecular formula is C17H24ClN2+. The fourth-order valence-corrected chi connectivity index (χ4v) is 2.50. The highest BCUT2D eigenvalue weighted by molar-refractivity contribution is 6.30. The summed E-state index contributed by atoms with van der Waals surface area (Å²) in [6.45, 7) is 6.68. The van der Waals surface area contributed by atoms with Gasteiger partial charge in [0.1, 0.15) is 12.4 Å². The molecule has 2 nitrogen and oxygen atoms in total. The lowest BCUT2D eigenvalue weighted by molar-refractivity contribution is -0.701. The van der Waals surface area contributed by atoms with Gasteiger partial charge in [-0.25, -0.2) is 9.13 Å². The quantitative estimate of drug-likeness (QED) is 0.536. The minimum atomic E-state index is 0.695. The molecule has 0 atom stereocenters. The van der Waals surface area contributed by atoms with E-state index >= 15 is 0 Å². The Morgan fingerprint density at radius 3 is 2.60 bits per heavy atom. The van der Waals surface area contributed by atoms with Crippen molar-refractivity contribution in [2.45, 2.75) is 46.2 Å². The molecular weight excluding hydrogens is 268 g/mol. The number of hydrogen-bond donors (Lipinski definition) is 0. The van der Waals surface area contributed by atoms with Crippen LogP contribution in [0.25, 0.3) is 0 Å². The molecule has 0 saturated heterocycles. The molecule has 0 aliphatic heterocycles. The molecule has 0 radical (unpaired) electrons. The minimum absolute atomic E-state index is 0.695. The van der Waals surface area contributed by atoms with Crippen LogP contribution >= 0.6 is 11.6 Å². The van der Waals surface area contributed by atoms with Crippen LogP contribution in [0.5, 0.6) is 0 Å². The Kier molecular flexibility index (Phi) is 5.66. The van der Waals surface area contributed by atoms with Gasteiger partial charge in [-0.1, -0.05) is 37.6 Å². The third-order valence-electron chi connectivity index (χ3n) is 3.37. The van der Waals surface area contributed by atoms with Gasteiger partial charge in [-0.3, -0.25) is 0 Å². The number of hydrogen-bond acceptors (Lipinski definition) is 0. The average molecular weight is 292 g/mol. The summed E-state index contributed by atoms with van der Waals surface area (Å²) in [7, 11) is 0. The van der Waals surface area contributed by atoms with Gasteiger partial charge in [0.2, 0.25) is 6.33 Å². The summed E-state index contributed by atoms with van der Waals surface area (Å²) in [6, 6.07) is 8.18. The third-order valence-corrected chi connectivity index (χ3v) is 3.62. The normalized spacial score (nSPS) is 11.2. The molecule has 20 heavy (non-hydrogen) atoms. The second-order valence-corrected chi connectivity index (χ2v) is 6.26. The summed E-state index contributed by atoms with van der Waals surface area (Å²) in [5.74, 6) is 0.695. The molecule has 0 saturated carbocycles. The van der Waals surface area contributed by atoms with E-state index in [-0.39, 0.29) is 0 Å². The number of unbranched alkanes of at least 4 members (excludes halogenated alkanes) is 1. The molecule has 0 N–H and O–H groups in total. The number of rotatable bonds is 7. The van der Waals surface area contributed by atoms with Gasteiger partial charge in [-0.2, -0.15) is 0 Å². The molecule has 2 rings (SSSR count). The Morgan fingerprint density at radius 2 is 1.90 bits per heavy atom. The van der Waals surface area contributed by atoms with Crippen LogP contribution in [0, 0.1) is 5.92 Å². The number of aryl methyl sites for hydroxylation is 2. The topological polar surface area (TPSA) is 8.81 Å². The third kappa shape index (κ3) is 5.01. The highest BCUT2D eigenvalue weighted by Crippen LogP contribution is 2.11. The first-order valence-electron chi connectivity index (χ1n) is 7.43. The van der Waals surface area contributed by atoms with E-state index in [1.807, 2.05) is 12.1 Å². The Hall–Kier alpha value is -1.28. The van der Waals surface area contributed by atoms with Gasteiger partial charge in [0.15, 0.2) is 0 Å². The van der Waals surface area contributed by atoms with Crippen LogP contribution in [0.2, 0.25) is 5.02 Å². The van der Waals surface area contributed by atoms with Crippen molar-refractivity contribution in [3.8, 4) is 0 Å². The number of halogens is 1. The smallest absolute Gasteiger partial charge is 0.237 e. The first-order valence-corrected chi connectivity index (χ1v) is 7.80. The maximum absolute atomic E-state index is 5.89. The fraction of sp³-hybridized carbons (Fsp3) is 0.471. The van der Waals surface area contributed by atoms with Crippen molar-refractivity contribution in [3.05, 3.63) is 53.6 Å². The Balaban J connectivity index is 1.70. The zero-order valence-corrected chi connectivity index (χ0v) is 13.2. The molecule has 3 heteroatoms. The Morgan fingerprint density at radius 1 is 1.15 bits per heavy atom. The number of imidazole rings is 1. The molecule has 0 amide bonds. The highest BCUT2D eigenvalue weighted by atomic mass is 35.5. The van der Waals surface area contributed by atoms with E-state index in [4.69, 9.17) is 11.6 Å². The first-order chi connectivity index (χ1) is 9.63. The summed E-state index contributed by atoms with van der Waals surface area (Å²) in [6.07, 6.45) is 10.1. The van der Waals surface area contributed by atoms with Crippen LogP contribution in [-0.2, 0) is 19.5 Å². The van der Waals surface area contributed by atoms with Crippen molar-refractivity contribution >= 4 is 11.6 Å². The van der Waals surface area contributed by atoms with E-state index < -0.39 is 0 Å².